The number of para-hydroxylation sites is 1. The number of aromatic nitrogens is 1. The smallest absolute Gasteiger partial charge is 0.322 e. The summed E-state index contributed by atoms with van der Waals surface area (Å²) in [4.78, 5) is 18.5. The summed E-state index contributed by atoms with van der Waals surface area (Å²) in [6.07, 6.45) is 0.680. The van der Waals surface area contributed by atoms with Crippen LogP contribution in [-0.4, -0.2) is 22.5 Å². The van der Waals surface area contributed by atoms with Gasteiger partial charge in [0.1, 0.15) is 11.9 Å². The van der Waals surface area contributed by atoms with E-state index < -0.39 is 6.04 Å². The average Bonchev–Trinajstić information content (AvgIpc) is 3.14. The molecular weight excluding hydrogens is 413 g/mol. The van der Waals surface area contributed by atoms with Crippen molar-refractivity contribution in [1.82, 2.24) is 9.88 Å². The van der Waals surface area contributed by atoms with Gasteiger partial charge in [0.25, 0.3) is 0 Å². The lowest BCUT2D eigenvalue weighted by molar-refractivity contribution is 0.192. The zero-order valence-electron chi connectivity index (χ0n) is 17.0. The Morgan fingerprint density at radius 1 is 1.13 bits per heavy atom. The molecule has 0 saturated heterocycles. The van der Waals surface area contributed by atoms with Crippen LogP contribution in [0.4, 0.5) is 14.9 Å². The number of amides is 2. The SMILES string of the molecule is Cc1ccc(NC(=O)N2CCc3c([nH]c4ccccc34)[C@@H]2c2ccccc2F)c(Cl)c1. The molecule has 4 nitrogen and oxygen atoms in total. The third kappa shape index (κ3) is 3.45. The van der Waals surface area contributed by atoms with Gasteiger partial charge in [-0.15, -0.1) is 0 Å². The van der Waals surface area contributed by atoms with E-state index in [2.05, 4.69) is 16.4 Å². The van der Waals surface area contributed by atoms with E-state index in [0.29, 0.717) is 29.2 Å². The monoisotopic (exact) mass is 433 g/mol. The minimum atomic E-state index is -0.568. The summed E-state index contributed by atoms with van der Waals surface area (Å²) < 4.78 is 14.9. The molecule has 4 aromatic rings. The number of rotatable bonds is 2. The van der Waals surface area contributed by atoms with Crippen molar-refractivity contribution in [2.24, 2.45) is 0 Å². The number of anilines is 1. The number of carbonyl (C=O) groups is 1. The van der Waals surface area contributed by atoms with Crippen molar-refractivity contribution in [2.45, 2.75) is 19.4 Å². The van der Waals surface area contributed by atoms with E-state index in [4.69, 9.17) is 11.6 Å². The molecule has 0 saturated carbocycles. The predicted octanol–water partition coefficient (Wildman–Crippen LogP) is 6.45. The predicted molar refractivity (Wildman–Crippen MR) is 122 cm³/mol. The lowest BCUT2D eigenvalue weighted by Crippen LogP contribution is -2.43. The highest BCUT2D eigenvalue weighted by atomic mass is 35.5. The first-order valence-electron chi connectivity index (χ1n) is 10.2. The molecule has 2 N–H and O–H groups in total. The normalized spacial score (nSPS) is 15.7. The number of benzene rings is 3. The summed E-state index contributed by atoms with van der Waals surface area (Å²) in [6.45, 7) is 2.40. The summed E-state index contributed by atoms with van der Waals surface area (Å²) in [7, 11) is 0. The van der Waals surface area contributed by atoms with E-state index in [9.17, 15) is 9.18 Å². The molecular formula is C25H21ClFN3O. The molecule has 1 aromatic heterocycles. The Labute approximate surface area is 184 Å². The van der Waals surface area contributed by atoms with Crippen LogP contribution in [0, 0.1) is 12.7 Å². The first-order chi connectivity index (χ1) is 15.0. The third-order valence-electron chi connectivity index (χ3n) is 5.86. The molecule has 1 aliphatic rings. The molecule has 31 heavy (non-hydrogen) atoms. The maximum absolute atomic E-state index is 14.9. The van der Waals surface area contributed by atoms with Crippen molar-refractivity contribution in [3.63, 3.8) is 0 Å². The molecule has 0 unspecified atom stereocenters. The van der Waals surface area contributed by atoms with Gasteiger partial charge in [0.05, 0.1) is 10.7 Å². The van der Waals surface area contributed by atoms with E-state index in [-0.39, 0.29) is 11.8 Å². The van der Waals surface area contributed by atoms with Gasteiger partial charge in [-0.1, -0.05) is 54.1 Å². The number of H-pyrrole nitrogens is 1. The Morgan fingerprint density at radius 3 is 2.71 bits per heavy atom. The van der Waals surface area contributed by atoms with Crippen molar-refractivity contribution in [3.05, 3.63) is 100.0 Å². The maximum Gasteiger partial charge on any atom is 0.322 e. The highest BCUT2D eigenvalue weighted by Gasteiger charge is 2.36. The zero-order chi connectivity index (χ0) is 21.5. The summed E-state index contributed by atoms with van der Waals surface area (Å²) in [5.74, 6) is -0.342. The van der Waals surface area contributed by atoms with Gasteiger partial charge in [-0.25, -0.2) is 9.18 Å². The second-order valence-corrected chi connectivity index (χ2v) is 8.25. The number of hydrogen-bond donors (Lipinski definition) is 2. The molecule has 2 amide bonds. The highest BCUT2D eigenvalue weighted by Crippen LogP contribution is 2.39. The average molecular weight is 434 g/mol. The highest BCUT2D eigenvalue weighted by molar-refractivity contribution is 6.33. The van der Waals surface area contributed by atoms with Gasteiger partial charge in [0.2, 0.25) is 0 Å². The fourth-order valence-corrected chi connectivity index (χ4v) is 4.67. The number of aryl methyl sites for hydroxylation is 1. The van der Waals surface area contributed by atoms with Gasteiger partial charge in [-0.05, 0) is 48.7 Å². The summed E-state index contributed by atoms with van der Waals surface area (Å²) in [6, 6.07) is 19.2. The maximum atomic E-state index is 14.9. The van der Waals surface area contributed by atoms with E-state index in [1.165, 1.54) is 6.07 Å². The minimum absolute atomic E-state index is 0.316. The lowest BCUT2D eigenvalue weighted by atomic mass is 9.92. The Hall–Kier alpha value is -3.31. The van der Waals surface area contributed by atoms with Gasteiger partial charge in [0, 0.05) is 28.7 Å². The van der Waals surface area contributed by atoms with Crippen LogP contribution in [-0.2, 0) is 6.42 Å². The van der Waals surface area contributed by atoms with Gasteiger partial charge < -0.3 is 15.2 Å². The fourth-order valence-electron chi connectivity index (χ4n) is 4.39. The van der Waals surface area contributed by atoms with E-state index in [0.717, 1.165) is 27.7 Å². The Balaban J connectivity index is 1.59. The molecule has 1 aliphatic heterocycles. The van der Waals surface area contributed by atoms with Gasteiger partial charge in [-0.2, -0.15) is 0 Å². The number of halogens is 2. The minimum Gasteiger partial charge on any atom is -0.356 e. The zero-order valence-corrected chi connectivity index (χ0v) is 17.7. The van der Waals surface area contributed by atoms with Gasteiger partial charge in [-0.3, -0.25) is 0 Å². The fraction of sp³-hybridized carbons (Fsp3) is 0.160. The Morgan fingerprint density at radius 2 is 1.90 bits per heavy atom. The molecule has 0 fully saturated rings. The Bertz CT molecular complexity index is 1300. The van der Waals surface area contributed by atoms with Crippen LogP contribution in [0.5, 0.6) is 0 Å². The standard InChI is InChI=1S/C25H21ClFN3O/c1-15-10-11-22(19(26)14-15)29-25(31)30-13-12-17-16-6-3-5-9-21(16)28-23(17)24(30)18-7-2-4-8-20(18)27/h2-11,14,24,28H,12-13H2,1H3,(H,29,31)/t24-/m0/s1. The molecule has 2 heterocycles. The van der Waals surface area contributed by atoms with Crippen molar-refractivity contribution in [3.8, 4) is 0 Å². The van der Waals surface area contributed by atoms with E-state index in [1.54, 1.807) is 35.2 Å². The molecule has 1 atom stereocenters. The van der Waals surface area contributed by atoms with Crippen LogP contribution in [0.3, 0.4) is 0 Å². The Kier molecular flexibility index (Phi) is 4.91. The first kappa shape index (κ1) is 19.6. The third-order valence-corrected chi connectivity index (χ3v) is 6.17. The van der Waals surface area contributed by atoms with Gasteiger partial charge in [0.15, 0.2) is 0 Å². The summed E-state index contributed by atoms with van der Waals surface area (Å²) in [5.41, 5.74) is 4.96. The molecule has 0 radical (unpaired) electrons. The van der Waals surface area contributed by atoms with Crippen LogP contribution in [0.15, 0.2) is 66.7 Å². The van der Waals surface area contributed by atoms with Crippen LogP contribution in [0.2, 0.25) is 5.02 Å². The number of hydrogen-bond acceptors (Lipinski definition) is 1. The number of urea groups is 1. The molecule has 3 aromatic carbocycles. The van der Waals surface area contributed by atoms with Crippen molar-refractivity contribution >= 4 is 34.2 Å². The quantitative estimate of drug-likeness (QED) is 0.375. The molecule has 0 bridgehead atoms. The summed E-state index contributed by atoms with van der Waals surface area (Å²) in [5, 5.41) is 4.49. The van der Waals surface area contributed by atoms with Crippen molar-refractivity contribution < 1.29 is 9.18 Å². The lowest BCUT2D eigenvalue weighted by Gasteiger charge is -2.36. The van der Waals surface area contributed by atoms with Crippen LogP contribution < -0.4 is 5.32 Å². The molecule has 6 heteroatoms. The van der Waals surface area contributed by atoms with Crippen LogP contribution >= 0.6 is 11.6 Å². The van der Waals surface area contributed by atoms with Crippen molar-refractivity contribution in [2.75, 3.05) is 11.9 Å². The van der Waals surface area contributed by atoms with Gasteiger partial charge >= 0.3 is 6.03 Å². The number of fused-ring (bicyclic) bond motifs is 3. The number of aromatic amines is 1. The summed E-state index contributed by atoms with van der Waals surface area (Å²) >= 11 is 6.33. The van der Waals surface area contributed by atoms with Crippen molar-refractivity contribution in [1.29, 1.82) is 0 Å². The molecule has 0 aliphatic carbocycles. The topological polar surface area (TPSA) is 48.1 Å². The second-order valence-electron chi connectivity index (χ2n) is 7.84. The largest absolute Gasteiger partial charge is 0.356 e. The van der Waals surface area contributed by atoms with E-state index >= 15 is 0 Å². The van der Waals surface area contributed by atoms with Crippen LogP contribution in [0.1, 0.15) is 28.4 Å². The van der Waals surface area contributed by atoms with E-state index in [1.807, 2.05) is 31.2 Å². The molecule has 5 rings (SSSR count). The molecule has 156 valence electrons. The number of nitrogens with one attached hydrogen (secondary N) is 2. The number of nitrogens with zero attached hydrogens (tertiary/aromatic N) is 1. The molecule has 0 spiro atoms. The second kappa shape index (κ2) is 7.75. The first-order valence-corrected chi connectivity index (χ1v) is 10.6. The number of carbonyl (C=O) groups excluding carboxylic acids is 1. The van der Waals surface area contributed by atoms with Crippen LogP contribution in [0.25, 0.3) is 10.9 Å².